The van der Waals surface area contributed by atoms with Crippen LogP contribution in [-0.4, -0.2) is 7.11 Å². The summed E-state index contributed by atoms with van der Waals surface area (Å²) in [6.07, 6.45) is 2.73. The maximum Gasteiger partial charge on any atom is 0.126 e. The van der Waals surface area contributed by atoms with Crippen LogP contribution in [0.15, 0.2) is 24.8 Å². The van der Waals surface area contributed by atoms with Gasteiger partial charge in [-0.25, -0.2) is 0 Å². The zero-order valence-corrected chi connectivity index (χ0v) is 6.98. The molecule has 2 heteroatoms. The van der Waals surface area contributed by atoms with E-state index in [4.69, 9.17) is 16.3 Å². The lowest BCUT2D eigenvalue weighted by Gasteiger charge is -2.03. The molecule has 0 amide bonds. The lowest BCUT2D eigenvalue weighted by Crippen LogP contribution is -1.86. The molecule has 0 aliphatic rings. The molecule has 0 spiro atoms. The predicted molar refractivity (Wildman–Crippen MR) is 46.0 cm³/mol. The zero-order chi connectivity index (χ0) is 8.27. The Kier molecular flexibility index (Phi) is 2.55. The van der Waals surface area contributed by atoms with Crippen molar-refractivity contribution in [3.05, 3.63) is 41.4 Å². The Morgan fingerprint density at radius 2 is 2.27 bits per heavy atom. The summed E-state index contributed by atoms with van der Waals surface area (Å²) >= 11 is 5.73. The topological polar surface area (TPSA) is 9.23 Å². The Labute approximate surface area is 71.3 Å². The molecule has 0 heterocycles. The Hall–Kier alpha value is -0.950. The second kappa shape index (κ2) is 3.44. The Morgan fingerprint density at radius 3 is 2.82 bits per heavy atom. The highest BCUT2D eigenvalue weighted by Gasteiger charge is 1.98. The van der Waals surface area contributed by atoms with Crippen LogP contribution >= 0.6 is 11.6 Å². The lowest BCUT2D eigenvalue weighted by molar-refractivity contribution is 0.413. The standard InChI is InChI=1S/C9H8ClO/c1-3-7-6-8(10)4-5-9(7)11-2/h4-6H,1H2,2H3. The first kappa shape index (κ1) is 8.15. The van der Waals surface area contributed by atoms with Crippen LogP contribution in [0.2, 0.25) is 5.02 Å². The minimum Gasteiger partial charge on any atom is -0.496 e. The summed E-state index contributed by atoms with van der Waals surface area (Å²) in [4.78, 5) is 0. The zero-order valence-electron chi connectivity index (χ0n) is 6.23. The first-order valence-electron chi connectivity index (χ1n) is 3.14. The van der Waals surface area contributed by atoms with Crippen molar-refractivity contribution in [1.82, 2.24) is 0 Å². The first-order valence-corrected chi connectivity index (χ1v) is 3.52. The number of benzene rings is 1. The Morgan fingerprint density at radius 1 is 1.55 bits per heavy atom. The van der Waals surface area contributed by atoms with Gasteiger partial charge in [-0.1, -0.05) is 18.2 Å². The van der Waals surface area contributed by atoms with Crippen LogP contribution in [0, 0.1) is 6.08 Å². The van der Waals surface area contributed by atoms with E-state index >= 15 is 0 Å². The van der Waals surface area contributed by atoms with Gasteiger partial charge in [-0.05, 0) is 24.3 Å². The van der Waals surface area contributed by atoms with Gasteiger partial charge in [0.2, 0.25) is 0 Å². The van der Waals surface area contributed by atoms with Crippen LogP contribution in [0.4, 0.5) is 0 Å². The molecule has 1 rings (SSSR count). The van der Waals surface area contributed by atoms with Gasteiger partial charge >= 0.3 is 0 Å². The molecule has 1 aromatic rings. The highest BCUT2D eigenvalue weighted by Crippen LogP contribution is 2.21. The number of ether oxygens (including phenoxy) is 1. The first-order chi connectivity index (χ1) is 5.27. The minimum absolute atomic E-state index is 0.664. The smallest absolute Gasteiger partial charge is 0.126 e. The van der Waals surface area contributed by atoms with E-state index in [2.05, 4.69) is 12.7 Å². The monoisotopic (exact) mass is 167 g/mol. The third kappa shape index (κ3) is 1.75. The van der Waals surface area contributed by atoms with Crippen LogP contribution in [0.1, 0.15) is 5.56 Å². The van der Waals surface area contributed by atoms with Gasteiger partial charge in [-0.15, -0.1) is 0 Å². The molecule has 0 aromatic heterocycles. The van der Waals surface area contributed by atoms with Gasteiger partial charge in [0.05, 0.1) is 7.11 Å². The van der Waals surface area contributed by atoms with Crippen LogP contribution in [0.5, 0.6) is 5.75 Å². The Bertz CT molecular complexity index is 268. The summed E-state index contributed by atoms with van der Waals surface area (Å²) < 4.78 is 5.03. The molecule has 1 nitrogen and oxygen atoms in total. The fourth-order valence-electron chi connectivity index (χ4n) is 0.818. The highest BCUT2D eigenvalue weighted by atomic mass is 35.5. The highest BCUT2D eigenvalue weighted by molar-refractivity contribution is 6.30. The van der Waals surface area contributed by atoms with E-state index in [1.807, 2.05) is 0 Å². The van der Waals surface area contributed by atoms with Crippen molar-refractivity contribution in [2.24, 2.45) is 0 Å². The largest absolute Gasteiger partial charge is 0.496 e. The molecule has 0 bridgehead atoms. The average molecular weight is 168 g/mol. The summed E-state index contributed by atoms with van der Waals surface area (Å²) in [7, 11) is 1.60. The van der Waals surface area contributed by atoms with Crippen LogP contribution < -0.4 is 4.74 Å². The number of hydrogen-bond acceptors (Lipinski definition) is 1. The number of hydrogen-bond donors (Lipinski definition) is 0. The van der Waals surface area contributed by atoms with E-state index in [0.717, 1.165) is 11.3 Å². The summed E-state index contributed by atoms with van der Waals surface area (Å²) in [5.41, 5.74) is 0.792. The van der Waals surface area contributed by atoms with Crippen LogP contribution in [-0.2, 0) is 0 Å². The van der Waals surface area contributed by atoms with E-state index in [-0.39, 0.29) is 0 Å². The molecule has 0 unspecified atom stereocenters. The van der Waals surface area contributed by atoms with Crippen molar-refractivity contribution in [1.29, 1.82) is 0 Å². The van der Waals surface area contributed by atoms with Gasteiger partial charge in [-0.3, -0.25) is 0 Å². The molecular formula is C9H8ClO. The molecule has 0 atom stereocenters. The normalized spacial score (nSPS) is 9.27. The maximum absolute atomic E-state index is 5.73. The lowest BCUT2D eigenvalue weighted by atomic mass is 10.2. The van der Waals surface area contributed by atoms with E-state index < -0.39 is 0 Å². The van der Waals surface area contributed by atoms with Crippen molar-refractivity contribution < 1.29 is 4.74 Å². The van der Waals surface area contributed by atoms with Gasteiger partial charge < -0.3 is 4.74 Å². The molecule has 1 radical (unpaired) electrons. The van der Waals surface area contributed by atoms with Gasteiger partial charge in [0.1, 0.15) is 5.75 Å². The summed E-state index contributed by atoms with van der Waals surface area (Å²) in [6, 6.07) is 5.31. The molecule has 0 saturated heterocycles. The molecular weight excluding hydrogens is 160 g/mol. The second-order valence-corrected chi connectivity index (χ2v) is 2.46. The number of rotatable bonds is 2. The van der Waals surface area contributed by atoms with Crippen molar-refractivity contribution in [3.63, 3.8) is 0 Å². The van der Waals surface area contributed by atoms with E-state index in [1.54, 1.807) is 25.3 Å². The fourth-order valence-corrected chi connectivity index (χ4v) is 0.990. The van der Waals surface area contributed by atoms with E-state index in [1.165, 1.54) is 0 Å². The third-order valence-electron chi connectivity index (χ3n) is 1.35. The number of methoxy groups -OCH3 is 1. The van der Waals surface area contributed by atoms with Crippen molar-refractivity contribution >= 4 is 11.6 Å². The number of halogens is 1. The second-order valence-electron chi connectivity index (χ2n) is 2.02. The summed E-state index contributed by atoms with van der Waals surface area (Å²) in [6.45, 7) is 3.52. The molecule has 0 saturated carbocycles. The van der Waals surface area contributed by atoms with Gasteiger partial charge in [0, 0.05) is 10.6 Å². The van der Waals surface area contributed by atoms with Gasteiger partial charge in [0.15, 0.2) is 0 Å². The molecule has 0 aliphatic carbocycles. The molecule has 0 N–H and O–H groups in total. The van der Waals surface area contributed by atoms with Crippen LogP contribution in [0.3, 0.4) is 0 Å². The van der Waals surface area contributed by atoms with Crippen molar-refractivity contribution in [2.75, 3.05) is 7.11 Å². The maximum atomic E-state index is 5.73. The molecule has 11 heavy (non-hydrogen) atoms. The minimum atomic E-state index is 0.664. The molecule has 1 aromatic carbocycles. The van der Waals surface area contributed by atoms with Crippen molar-refractivity contribution in [3.8, 4) is 5.75 Å². The molecule has 57 valence electrons. The fraction of sp³-hybridized carbons (Fsp3) is 0.111. The summed E-state index contributed by atoms with van der Waals surface area (Å²) in [5.74, 6) is 0.740. The quantitative estimate of drug-likeness (QED) is 0.658. The van der Waals surface area contributed by atoms with Crippen molar-refractivity contribution in [2.45, 2.75) is 0 Å². The van der Waals surface area contributed by atoms with E-state index in [9.17, 15) is 0 Å². The van der Waals surface area contributed by atoms with E-state index in [0.29, 0.717) is 5.02 Å². The van der Waals surface area contributed by atoms with Gasteiger partial charge in [-0.2, -0.15) is 0 Å². The van der Waals surface area contributed by atoms with Gasteiger partial charge in [0.25, 0.3) is 0 Å². The van der Waals surface area contributed by atoms with Crippen LogP contribution in [0.25, 0.3) is 0 Å². The Balaban J connectivity index is 3.16. The predicted octanol–water partition coefficient (Wildman–Crippen LogP) is 2.69. The average Bonchev–Trinajstić information content (AvgIpc) is 2.04. The summed E-state index contributed by atoms with van der Waals surface area (Å²) in [5, 5.41) is 0.664. The SMILES string of the molecule is C=[C]c1cc(Cl)ccc1OC. The third-order valence-corrected chi connectivity index (χ3v) is 1.59. The molecule has 0 aliphatic heterocycles. The molecule has 0 fully saturated rings.